The molecular weight excluding hydrogens is 272 g/mol. The van der Waals surface area contributed by atoms with Crippen molar-refractivity contribution in [3.05, 3.63) is 28.8 Å². The van der Waals surface area contributed by atoms with Gasteiger partial charge in [-0.2, -0.15) is 0 Å². The fourth-order valence-corrected chi connectivity index (χ4v) is 2.23. The quantitative estimate of drug-likeness (QED) is 0.556. The van der Waals surface area contributed by atoms with Crippen LogP contribution in [-0.2, 0) is 0 Å². The van der Waals surface area contributed by atoms with Crippen molar-refractivity contribution in [1.29, 1.82) is 0 Å². The van der Waals surface area contributed by atoms with Crippen molar-refractivity contribution in [2.24, 2.45) is 5.92 Å². The maximum Gasteiger partial charge on any atom is 0.253 e. The summed E-state index contributed by atoms with van der Waals surface area (Å²) >= 11 is 5.87. The molecule has 0 aliphatic rings. The number of nitrogens with two attached hydrogens (primary N) is 1. The number of carbonyl (C=O) groups excluding carboxylic acids is 1. The molecule has 0 radical (unpaired) electrons. The van der Waals surface area contributed by atoms with Gasteiger partial charge in [-0.05, 0) is 30.5 Å². The number of nitrogens with one attached hydrogen (secondary N) is 1. The van der Waals surface area contributed by atoms with Crippen LogP contribution in [0.15, 0.2) is 18.2 Å². The van der Waals surface area contributed by atoms with Gasteiger partial charge in [0.05, 0.1) is 5.56 Å². The van der Waals surface area contributed by atoms with Crippen LogP contribution in [0.1, 0.15) is 56.3 Å². The fourth-order valence-electron chi connectivity index (χ4n) is 2.05. The molecule has 0 heterocycles. The van der Waals surface area contributed by atoms with Crippen molar-refractivity contribution in [3.8, 4) is 0 Å². The second-order valence-corrected chi connectivity index (χ2v) is 6.02. The Morgan fingerprint density at radius 1 is 1.25 bits per heavy atom. The Hall–Kier alpha value is -1.22. The van der Waals surface area contributed by atoms with E-state index in [2.05, 4.69) is 19.2 Å². The number of amides is 1. The van der Waals surface area contributed by atoms with Gasteiger partial charge in [-0.25, -0.2) is 0 Å². The van der Waals surface area contributed by atoms with Gasteiger partial charge >= 0.3 is 0 Å². The van der Waals surface area contributed by atoms with Gasteiger partial charge in [-0.3, -0.25) is 4.79 Å². The van der Waals surface area contributed by atoms with Crippen LogP contribution >= 0.6 is 11.6 Å². The van der Waals surface area contributed by atoms with Crippen molar-refractivity contribution in [2.75, 3.05) is 12.3 Å². The number of rotatable bonds is 8. The van der Waals surface area contributed by atoms with Crippen molar-refractivity contribution < 1.29 is 4.79 Å². The molecule has 0 aliphatic carbocycles. The molecule has 1 rings (SSSR count). The molecule has 1 aromatic rings. The Morgan fingerprint density at radius 2 is 1.95 bits per heavy atom. The molecule has 0 fully saturated rings. The van der Waals surface area contributed by atoms with E-state index in [1.165, 1.54) is 19.3 Å². The van der Waals surface area contributed by atoms with Crippen LogP contribution in [0.2, 0.25) is 5.02 Å². The number of hydrogen-bond donors (Lipinski definition) is 2. The lowest BCUT2D eigenvalue weighted by atomic mass is 10.0. The molecule has 0 spiro atoms. The van der Waals surface area contributed by atoms with E-state index in [9.17, 15) is 4.79 Å². The minimum absolute atomic E-state index is 0.146. The maximum atomic E-state index is 11.9. The summed E-state index contributed by atoms with van der Waals surface area (Å²) in [5.41, 5.74) is 6.69. The van der Waals surface area contributed by atoms with Crippen LogP contribution in [0.3, 0.4) is 0 Å². The molecule has 112 valence electrons. The Balaban J connectivity index is 2.22. The third-order valence-corrected chi connectivity index (χ3v) is 3.49. The Morgan fingerprint density at radius 3 is 2.65 bits per heavy atom. The average molecular weight is 297 g/mol. The third-order valence-electron chi connectivity index (χ3n) is 3.25. The topological polar surface area (TPSA) is 55.1 Å². The first kappa shape index (κ1) is 16.8. The van der Waals surface area contributed by atoms with Crippen LogP contribution < -0.4 is 11.1 Å². The van der Waals surface area contributed by atoms with E-state index < -0.39 is 0 Å². The van der Waals surface area contributed by atoms with Crippen molar-refractivity contribution in [3.63, 3.8) is 0 Å². The summed E-state index contributed by atoms with van der Waals surface area (Å²) in [6.07, 6.45) is 5.94. The summed E-state index contributed by atoms with van der Waals surface area (Å²) < 4.78 is 0. The first-order chi connectivity index (χ1) is 9.50. The highest BCUT2D eigenvalue weighted by atomic mass is 35.5. The van der Waals surface area contributed by atoms with E-state index >= 15 is 0 Å². The smallest absolute Gasteiger partial charge is 0.253 e. The molecule has 0 aliphatic heterocycles. The van der Waals surface area contributed by atoms with E-state index in [-0.39, 0.29) is 5.91 Å². The summed E-state index contributed by atoms with van der Waals surface area (Å²) in [5.74, 6) is 0.632. The molecule has 0 saturated carbocycles. The monoisotopic (exact) mass is 296 g/mol. The predicted octanol–water partition coefficient (Wildman–Crippen LogP) is 4.26. The van der Waals surface area contributed by atoms with Crippen molar-refractivity contribution >= 4 is 23.2 Å². The second-order valence-electron chi connectivity index (χ2n) is 5.58. The van der Waals surface area contributed by atoms with E-state index in [0.717, 1.165) is 18.8 Å². The number of benzene rings is 1. The molecule has 1 aromatic carbocycles. The van der Waals surface area contributed by atoms with E-state index in [0.29, 0.717) is 22.8 Å². The molecule has 0 atom stereocenters. The molecule has 20 heavy (non-hydrogen) atoms. The molecule has 3 nitrogen and oxygen atoms in total. The normalized spacial score (nSPS) is 10.8. The summed E-state index contributed by atoms with van der Waals surface area (Å²) in [4.78, 5) is 11.9. The number of nitrogen functional groups attached to an aromatic ring is 1. The molecule has 4 heteroatoms. The Kier molecular flexibility index (Phi) is 7.45. The van der Waals surface area contributed by atoms with Gasteiger partial charge in [0.1, 0.15) is 0 Å². The molecule has 0 unspecified atom stereocenters. The summed E-state index contributed by atoms with van der Waals surface area (Å²) in [6.45, 7) is 5.18. The first-order valence-corrected chi connectivity index (χ1v) is 7.71. The predicted molar refractivity (Wildman–Crippen MR) is 86.1 cm³/mol. The highest BCUT2D eigenvalue weighted by Crippen LogP contribution is 2.17. The molecule has 0 aromatic heterocycles. The van der Waals surface area contributed by atoms with Crippen LogP contribution in [0.4, 0.5) is 5.69 Å². The largest absolute Gasteiger partial charge is 0.398 e. The fraction of sp³-hybridized carbons (Fsp3) is 0.562. The van der Waals surface area contributed by atoms with Gasteiger partial charge in [0.2, 0.25) is 0 Å². The zero-order valence-corrected chi connectivity index (χ0v) is 13.2. The number of carbonyl (C=O) groups is 1. The van der Waals surface area contributed by atoms with Gasteiger partial charge in [0.15, 0.2) is 0 Å². The average Bonchev–Trinajstić information content (AvgIpc) is 2.39. The molecule has 1 amide bonds. The number of hydrogen-bond acceptors (Lipinski definition) is 2. The summed E-state index contributed by atoms with van der Waals surface area (Å²) in [5, 5.41) is 3.42. The number of anilines is 1. The minimum Gasteiger partial charge on any atom is -0.398 e. The lowest BCUT2D eigenvalue weighted by Gasteiger charge is -2.08. The van der Waals surface area contributed by atoms with Crippen LogP contribution in [0, 0.1) is 5.92 Å². The lowest BCUT2D eigenvalue weighted by molar-refractivity contribution is 0.0954. The highest BCUT2D eigenvalue weighted by Gasteiger charge is 2.09. The van der Waals surface area contributed by atoms with E-state index in [1.54, 1.807) is 18.2 Å². The SMILES string of the molecule is CC(C)CCCCCCNC(=O)c1cc(Cl)ccc1N. The zero-order chi connectivity index (χ0) is 15.0. The van der Waals surface area contributed by atoms with Gasteiger partial charge in [-0.15, -0.1) is 0 Å². The zero-order valence-electron chi connectivity index (χ0n) is 12.4. The van der Waals surface area contributed by atoms with Gasteiger partial charge in [0, 0.05) is 17.3 Å². The van der Waals surface area contributed by atoms with Crippen LogP contribution in [0.25, 0.3) is 0 Å². The number of unbranched alkanes of at least 4 members (excludes halogenated alkanes) is 3. The van der Waals surface area contributed by atoms with E-state index in [4.69, 9.17) is 17.3 Å². The first-order valence-electron chi connectivity index (χ1n) is 7.34. The van der Waals surface area contributed by atoms with E-state index in [1.807, 2.05) is 0 Å². The van der Waals surface area contributed by atoms with Gasteiger partial charge < -0.3 is 11.1 Å². The van der Waals surface area contributed by atoms with Gasteiger partial charge in [0.25, 0.3) is 5.91 Å². The van der Waals surface area contributed by atoms with Crippen molar-refractivity contribution in [1.82, 2.24) is 5.32 Å². The van der Waals surface area contributed by atoms with Crippen LogP contribution in [-0.4, -0.2) is 12.5 Å². The number of halogens is 1. The standard InChI is InChI=1S/C16H25ClN2O/c1-12(2)7-5-3-4-6-10-19-16(20)14-11-13(17)8-9-15(14)18/h8-9,11-12H,3-7,10,18H2,1-2H3,(H,19,20). The van der Waals surface area contributed by atoms with Crippen LogP contribution in [0.5, 0.6) is 0 Å². The Bertz CT molecular complexity index is 432. The molecular formula is C16H25ClN2O. The highest BCUT2D eigenvalue weighted by molar-refractivity contribution is 6.31. The lowest BCUT2D eigenvalue weighted by Crippen LogP contribution is -2.25. The minimum atomic E-state index is -0.146. The summed E-state index contributed by atoms with van der Waals surface area (Å²) in [7, 11) is 0. The molecule has 0 bridgehead atoms. The second kappa shape index (κ2) is 8.85. The summed E-state index contributed by atoms with van der Waals surface area (Å²) in [6, 6.07) is 4.94. The Labute approximate surface area is 126 Å². The van der Waals surface area contributed by atoms with Gasteiger partial charge in [-0.1, -0.05) is 51.1 Å². The molecule has 3 N–H and O–H groups in total. The molecule has 0 saturated heterocycles. The third kappa shape index (κ3) is 6.29. The maximum absolute atomic E-state index is 11.9. The van der Waals surface area contributed by atoms with Crippen molar-refractivity contribution in [2.45, 2.75) is 46.0 Å².